The van der Waals surface area contributed by atoms with Gasteiger partial charge in [-0.1, -0.05) is 18.2 Å². The largest absolute Gasteiger partial charge is 0.373 e. The highest BCUT2D eigenvalue weighted by molar-refractivity contribution is 5.52. The Morgan fingerprint density at radius 3 is 2.73 bits per heavy atom. The Hall–Kier alpha value is -1.02. The van der Waals surface area contributed by atoms with Crippen LogP contribution in [0.2, 0.25) is 0 Å². The Kier molecular flexibility index (Phi) is 3.27. The number of para-hydroxylation sites is 1. The number of hydrogen-bond donors (Lipinski definition) is 1. The summed E-state index contributed by atoms with van der Waals surface area (Å²) in [6.07, 6.45) is 2.74. The molecule has 1 fully saturated rings. The van der Waals surface area contributed by atoms with Gasteiger partial charge in [0.2, 0.25) is 0 Å². The average Bonchev–Trinajstić information content (AvgIpc) is 3.02. The monoisotopic (exact) mass is 204 g/mol. The third-order valence-electron chi connectivity index (χ3n) is 2.98. The Bertz CT molecular complexity index is 318. The lowest BCUT2D eigenvalue weighted by molar-refractivity contribution is 0.675. The van der Waals surface area contributed by atoms with E-state index in [1.54, 1.807) is 0 Å². The molecule has 0 aromatic heterocycles. The van der Waals surface area contributed by atoms with E-state index in [9.17, 15) is 0 Å². The number of likely N-dealkylation sites (N-methyl/N-ethyl adjacent to an activating group) is 1. The molecular weight excluding hydrogens is 184 g/mol. The number of benzene rings is 1. The quantitative estimate of drug-likeness (QED) is 0.791. The summed E-state index contributed by atoms with van der Waals surface area (Å²) in [7, 11) is 2.16. The summed E-state index contributed by atoms with van der Waals surface area (Å²) in [5, 5.41) is 3.54. The van der Waals surface area contributed by atoms with Crippen molar-refractivity contribution in [3.63, 3.8) is 0 Å². The third kappa shape index (κ3) is 2.96. The van der Waals surface area contributed by atoms with Gasteiger partial charge in [-0.2, -0.15) is 0 Å². The van der Waals surface area contributed by atoms with Crippen LogP contribution in [-0.2, 0) is 0 Å². The lowest BCUT2D eigenvalue weighted by atomic mass is 10.2. The molecule has 0 spiro atoms. The molecule has 2 heteroatoms. The van der Waals surface area contributed by atoms with Crippen LogP contribution in [-0.4, -0.2) is 26.2 Å². The Balaban J connectivity index is 1.83. The minimum Gasteiger partial charge on any atom is -0.373 e. The van der Waals surface area contributed by atoms with Crippen LogP contribution < -0.4 is 10.2 Å². The zero-order chi connectivity index (χ0) is 10.7. The fourth-order valence-electron chi connectivity index (χ4n) is 1.84. The van der Waals surface area contributed by atoms with Crippen molar-refractivity contribution in [3.05, 3.63) is 29.8 Å². The predicted octanol–water partition coefficient (Wildman–Crippen LogP) is 2.18. The van der Waals surface area contributed by atoms with Crippen LogP contribution >= 0.6 is 0 Å². The van der Waals surface area contributed by atoms with E-state index < -0.39 is 0 Å². The lowest BCUT2D eigenvalue weighted by Crippen LogP contribution is -2.30. The van der Waals surface area contributed by atoms with Gasteiger partial charge in [0.25, 0.3) is 0 Å². The summed E-state index contributed by atoms with van der Waals surface area (Å²) in [6.45, 7) is 4.34. The second-order valence-electron chi connectivity index (χ2n) is 4.44. The molecule has 1 aromatic rings. The molecule has 15 heavy (non-hydrogen) atoms. The molecular formula is C13H20N2. The second-order valence-corrected chi connectivity index (χ2v) is 4.44. The highest BCUT2D eigenvalue weighted by atomic mass is 15.1. The topological polar surface area (TPSA) is 15.3 Å². The van der Waals surface area contributed by atoms with Gasteiger partial charge in [0.15, 0.2) is 0 Å². The summed E-state index contributed by atoms with van der Waals surface area (Å²) >= 11 is 0. The molecule has 1 saturated carbocycles. The fraction of sp³-hybridized carbons (Fsp3) is 0.538. The van der Waals surface area contributed by atoms with Gasteiger partial charge < -0.3 is 10.2 Å². The van der Waals surface area contributed by atoms with Crippen molar-refractivity contribution in [3.8, 4) is 0 Å². The van der Waals surface area contributed by atoms with E-state index >= 15 is 0 Å². The Morgan fingerprint density at radius 1 is 1.33 bits per heavy atom. The van der Waals surface area contributed by atoms with Crippen molar-refractivity contribution in [2.24, 2.45) is 0 Å². The van der Waals surface area contributed by atoms with Crippen LogP contribution in [0, 0.1) is 6.92 Å². The zero-order valence-electron chi connectivity index (χ0n) is 9.66. The van der Waals surface area contributed by atoms with Gasteiger partial charge in [0.05, 0.1) is 0 Å². The van der Waals surface area contributed by atoms with Gasteiger partial charge in [-0.15, -0.1) is 0 Å². The van der Waals surface area contributed by atoms with E-state index in [-0.39, 0.29) is 0 Å². The first-order chi connectivity index (χ1) is 7.27. The van der Waals surface area contributed by atoms with Crippen LogP contribution in [0.25, 0.3) is 0 Å². The van der Waals surface area contributed by atoms with Crippen molar-refractivity contribution < 1.29 is 0 Å². The highest BCUT2D eigenvalue weighted by Gasteiger charge is 2.19. The molecule has 2 nitrogen and oxygen atoms in total. The minimum atomic E-state index is 0.815. The molecule has 0 bridgehead atoms. The van der Waals surface area contributed by atoms with Gasteiger partial charge in [-0.05, 0) is 31.4 Å². The third-order valence-corrected chi connectivity index (χ3v) is 2.98. The molecule has 1 aliphatic carbocycles. The van der Waals surface area contributed by atoms with Crippen molar-refractivity contribution in [2.75, 3.05) is 25.0 Å². The molecule has 82 valence electrons. The van der Waals surface area contributed by atoms with E-state index in [1.807, 2.05) is 0 Å². The SMILES string of the molecule is Cc1ccccc1N(C)CCNC1CC1. The number of rotatable bonds is 5. The van der Waals surface area contributed by atoms with Gasteiger partial charge in [0, 0.05) is 31.9 Å². The normalized spacial score (nSPS) is 15.3. The maximum absolute atomic E-state index is 3.54. The first kappa shape index (κ1) is 10.5. The van der Waals surface area contributed by atoms with E-state index in [0.717, 1.165) is 19.1 Å². The first-order valence-electron chi connectivity index (χ1n) is 5.77. The molecule has 1 N–H and O–H groups in total. The number of aryl methyl sites for hydroxylation is 1. The summed E-state index contributed by atoms with van der Waals surface area (Å²) in [5.41, 5.74) is 2.70. The lowest BCUT2D eigenvalue weighted by Gasteiger charge is -2.21. The standard InChI is InChI=1S/C13H20N2/c1-11-5-3-4-6-13(11)15(2)10-9-14-12-7-8-12/h3-6,12,14H,7-10H2,1-2H3. The van der Waals surface area contributed by atoms with Gasteiger partial charge >= 0.3 is 0 Å². The maximum atomic E-state index is 3.54. The summed E-state index contributed by atoms with van der Waals surface area (Å²) in [5.74, 6) is 0. The highest BCUT2D eigenvalue weighted by Crippen LogP contribution is 2.19. The fourth-order valence-corrected chi connectivity index (χ4v) is 1.84. The number of nitrogens with one attached hydrogen (secondary N) is 1. The molecule has 0 amide bonds. The molecule has 0 aliphatic heterocycles. The Labute approximate surface area is 92.3 Å². The van der Waals surface area contributed by atoms with Crippen molar-refractivity contribution >= 4 is 5.69 Å². The average molecular weight is 204 g/mol. The summed E-state index contributed by atoms with van der Waals surface area (Å²) in [6, 6.07) is 9.37. The first-order valence-corrected chi connectivity index (χ1v) is 5.77. The van der Waals surface area contributed by atoms with Crippen molar-refractivity contribution in [1.82, 2.24) is 5.32 Å². The Morgan fingerprint density at radius 2 is 2.07 bits per heavy atom. The van der Waals surface area contributed by atoms with Crippen LogP contribution in [0.3, 0.4) is 0 Å². The van der Waals surface area contributed by atoms with Gasteiger partial charge in [0.1, 0.15) is 0 Å². The molecule has 0 radical (unpaired) electrons. The van der Waals surface area contributed by atoms with Crippen molar-refractivity contribution in [2.45, 2.75) is 25.8 Å². The molecule has 0 saturated heterocycles. The van der Waals surface area contributed by atoms with Crippen molar-refractivity contribution in [1.29, 1.82) is 0 Å². The predicted molar refractivity (Wildman–Crippen MR) is 65.5 cm³/mol. The maximum Gasteiger partial charge on any atom is 0.0393 e. The number of hydrogen-bond acceptors (Lipinski definition) is 2. The summed E-state index contributed by atoms with van der Waals surface area (Å²) < 4.78 is 0. The summed E-state index contributed by atoms with van der Waals surface area (Å²) in [4.78, 5) is 2.32. The molecule has 0 unspecified atom stereocenters. The van der Waals surface area contributed by atoms with E-state index in [0.29, 0.717) is 0 Å². The van der Waals surface area contributed by atoms with E-state index in [4.69, 9.17) is 0 Å². The molecule has 1 aromatic carbocycles. The zero-order valence-corrected chi connectivity index (χ0v) is 9.66. The smallest absolute Gasteiger partial charge is 0.0393 e. The van der Waals surface area contributed by atoms with Gasteiger partial charge in [-0.3, -0.25) is 0 Å². The molecule has 2 rings (SSSR count). The van der Waals surface area contributed by atoms with Crippen LogP contribution in [0.15, 0.2) is 24.3 Å². The van der Waals surface area contributed by atoms with Gasteiger partial charge in [-0.25, -0.2) is 0 Å². The van der Waals surface area contributed by atoms with E-state index in [2.05, 4.69) is 48.5 Å². The number of nitrogens with zero attached hydrogens (tertiary/aromatic N) is 1. The number of anilines is 1. The van der Waals surface area contributed by atoms with Crippen LogP contribution in [0.5, 0.6) is 0 Å². The van der Waals surface area contributed by atoms with E-state index in [1.165, 1.54) is 24.1 Å². The van der Waals surface area contributed by atoms with Crippen LogP contribution in [0.1, 0.15) is 18.4 Å². The van der Waals surface area contributed by atoms with Crippen LogP contribution in [0.4, 0.5) is 5.69 Å². The molecule has 0 atom stereocenters. The minimum absolute atomic E-state index is 0.815. The molecule has 1 aliphatic rings. The second kappa shape index (κ2) is 4.67. The molecule has 0 heterocycles.